The molecular formula is C20H19Cl2N3O5. The third-order valence-corrected chi connectivity index (χ3v) is 4.24. The van der Waals surface area contributed by atoms with Crippen LogP contribution in [0, 0.1) is 0 Å². The van der Waals surface area contributed by atoms with E-state index in [0.717, 1.165) is 0 Å². The standard InChI is InChI=1S/C20H19Cl2N3O5/c1-3-27-16-7-5-12(9-17(16)28-4-2)19-24-25-20(30-19)23-18(26)11-29-15-8-6-13(21)10-14(15)22/h5-10H,3-4,11H2,1-2H3,(H,23,25,26). The molecule has 2 aromatic carbocycles. The third kappa shape index (κ3) is 5.55. The molecule has 0 saturated carbocycles. The average molecular weight is 452 g/mol. The summed E-state index contributed by atoms with van der Waals surface area (Å²) in [6.45, 7) is 4.46. The number of benzene rings is 2. The highest BCUT2D eigenvalue weighted by atomic mass is 35.5. The molecule has 3 aromatic rings. The van der Waals surface area contributed by atoms with Crippen molar-refractivity contribution in [1.29, 1.82) is 0 Å². The number of carbonyl (C=O) groups excluding carboxylic acids is 1. The van der Waals surface area contributed by atoms with E-state index in [4.69, 9.17) is 41.8 Å². The van der Waals surface area contributed by atoms with E-state index in [1.807, 2.05) is 13.8 Å². The van der Waals surface area contributed by atoms with E-state index in [1.165, 1.54) is 6.07 Å². The van der Waals surface area contributed by atoms with Gasteiger partial charge in [0, 0.05) is 10.6 Å². The number of ether oxygens (including phenoxy) is 3. The second-order valence-corrected chi connectivity index (χ2v) is 6.70. The predicted molar refractivity (Wildman–Crippen MR) is 113 cm³/mol. The number of rotatable bonds is 9. The molecule has 30 heavy (non-hydrogen) atoms. The van der Waals surface area contributed by atoms with Crippen LogP contribution in [0.15, 0.2) is 40.8 Å². The molecule has 1 amide bonds. The molecule has 0 aliphatic rings. The normalized spacial score (nSPS) is 10.5. The van der Waals surface area contributed by atoms with Crippen molar-refractivity contribution in [3.05, 3.63) is 46.4 Å². The molecule has 0 spiro atoms. The molecule has 0 saturated heterocycles. The molecule has 0 aliphatic carbocycles. The lowest BCUT2D eigenvalue weighted by molar-refractivity contribution is -0.118. The van der Waals surface area contributed by atoms with Gasteiger partial charge in [-0.1, -0.05) is 28.3 Å². The van der Waals surface area contributed by atoms with Crippen LogP contribution in [0.3, 0.4) is 0 Å². The molecule has 1 N–H and O–H groups in total. The van der Waals surface area contributed by atoms with Crippen LogP contribution in [-0.2, 0) is 4.79 Å². The maximum absolute atomic E-state index is 12.1. The molecule has 0 atom stereocenters. The van der Waals surface area contributed by atoms with Crippen molar-refractivity contribution in [2.45, 2.75) is 13.8 Å². The summed E-state index contributed by atoms with van der Waals surface area (Å²) in [6.07, 6.45) is 0. The predicted octanol–water partition coefficient (Wildman–Crippen LogP) is 4.86. The van der Waals surface area contributed by atoms with Gasteiger partial charge < -0.3 is 18.6 Å². The summed E-state index contributed by atoms with van der Waals surface area (Å²) in [5.74, 6) is 1.25. The van der Waals surface area contributed by atoms with E-state index in [9.17, 15) is 4.79 Å². The van der Waals surface area contributed by atoms with Crippen molar-refractivity contribution in [3.8, 4) is 28.7 Å². The number of amides is 1. The maximum atomic E-state index is 12.1. The summed E-state index contributed by atoms with van der Waals surface area (Å²) >= 11 is 11.8. The number of halogens is 2. The van der Waals surface area contributed by atoms with Crippen molar-refractivity contribution in [2.75, 3.05) is 25.1 Å². The Morgan fingerprint density at radius 2 is 1.70 bits per heavy atom. The number of anilines is 1. The molecule has 8 nitrogen and oxygen atoms in total. The van der Waals surface area contributed by atoms with Crippen LogP contribution in [-0.4, -0.2) is 35.9 Å². The molecule has 1 aromatic heterocycles. The first-order valence-corrected chi connectivity index (χ1v) is 9.87. The quantitative estimate of drug-likeness (QED) is 0.496. The van der Waals surface area contributed by atoms with E-state index in [-0.39, 0.29) is 18.5 Å². The lowest BCUT2D eigenvalue weighted by Crippen LogP contribution is -2.20. The Labute approximate surface area is 183 Å². The second-order valence-electron chi connectivity index (χ2n) is 5.85. The summed E-state index contributed by atoms with van der Waals surface area (Å²) in [4.78, 5) is 12.1. The Morgan fingerprint density at radius 3 is 2.43 bits per heavy atom. The van der Waals surface area contributed by atoms with E-state index < -0.39 is 5.91 Å². The van der Waals surface area contributed by atoms with Crippen LogP contribution < -0.4 is 19.5 Å². The molecule has 0 aliphatic heterocycles. The summed E-state index contributed by atoms with van der Waals surface area (Å²) in [6, 6.07) is 9.90. The van der Waals surface area contributed by atoms with Crippen molar-refractivity contribution in [1.82, 2.24) is 10.2 Å². The summed E-state index contributed by atoms with van der Waals surface area (Å²) in [7, 11) is 0. The summed E-state index contributed by atoms with van der Waals surface area (Å²) < 4.78 is 22.0. The van der Waals surface area contributed by atoms with Crippen molar-refractivity contribution >= 4 is 35.1 Å². The van der Waals surface area contributed by atoms with Gasteiger partial charge in [-0.15, -0.1) is 5.10 Å². The Hall–Kier alpha value is -2.97. The van der Waals surface area contributed by atoms with E-state index in [0.29, 0.717) is 46.1 Å². The fourth-order valence-electron chi connectivity index (χ4n) is 2.47. The Morgan fingerprint density at radius 1 is 0.967 bits per heavy atom. The monoisotopic (exact) mass is 451 g/mol. The van der Waals surface area contributed by atoms with Crippen LogP contribution in [0.1, 0.15) is 13.8 Å². The SMILES string of the molecule is CCOc1ccc(-c2nnc(NC(=O)COc3ccc(Cl)cc3Cl)o2)cc1OCC. The van der Waals surface area contributed by atoms with Gasteiger partial charge in [-0.3, -0.25) is 10.1 Å². The van der Waals surface area contributed by atoms with Crippen LogP contribution >= 0.6 is 23.2 Å². The smallest absolute Gasteiger partial charge is 0.322 e. The fraction of sp³-hybridized carbons (Fsp3) is 0.250. The summed E-state index contributed by atoms with van der Waals surface area (Å²) in [5.41, 5.74) is 0.624. The van der Waals surface area contributed by atoms with Gasteiger partial charge in [0.1, 0.15) is 5.75 Å². The van der Waals surface area contributed by atoms with E-state index in [2.05, 4.69) is 15.5 Å². The van der Waals surface area contributed by atoms with Crippen molar-refractivity contribution in [2.24, 2.45) is 0 Å². The Bertz CT molecular complexity index is 1030. The molecule has 0 fully saturated rings. The Balaban J connectivity index is 1.64. The average Bonchev–Trinajstić information content (AvgIpc) is 3.17. The lowest BCUT2D eigenvalue weighted by atomic mass is 10.2. The Kier molecular flexibility index (Phi) is 7.37. The van der Waals surface area contributed by atoms with Gasteiger partial charge in [0.25, 0.3) is 5.91 Å². The van der Waals surface area contributed by atoms with E-state index in [1.54, 1.807) is 30.3 Å². The van der Waals surface area contributed by atoms with Crippen LogP contribution in [0.25, 0.3) is 11.5 Å². The van der Waals surface area contributed by atoms with Gasteiger partial charge >= 0.3 is 6.01 Å². The first-order chi connectivity index (χ1) is 14.5. The fourth-order valence-corrected chi connectivity index (χ4v) is 2.93. The van der Waals surface area contributed by atoms with Crippen LogP contribution in [0.2, 0.25) is 10.0 Å². The molecule has 3 rings (SSSR count). The van der Waals surface area contributed by atoms with Gasteiger partial charge in [-0.05, 0) is 50.2 Å². The van der Waals surface area contributed by atoms with Crippen LogP contribution in [0.4, 0.5) is 6.01 Å². The number of aromatic nitrogens is 2. The first kappa shape index (κ1) is 21.7. The number of hydrogen-bond acceptors (Lipinski definition) is 7. The molecule has 0 bridgehead atoms. The summed E-state index contributed by atoms with van der Waals surface area (Å²) in [5, 5.41) is 11.0. The number of nitrogens with one attached hydrogen (secondary N) is 1. The second kappa shape index (κ2) is 10.2. The van der Waals surface area contributed by atoms with Gasteiger partial charge in [0.15, 0.2) is 18.1 Å². The van der Waals surface area contributed by atoms with Crippen molar-refractivity contribution < 1.29 is 23.4 Å². The van der Waals surface area contributed by atoms with Gasteiger partial charge in [-0.2, -0.15) is 0 Å². The molecule has 0 unspecified atom stereocenters. The molecule has 10 heteroatoms. The molecule has 1 heterocycles. The topological polar surface area (TPSA) is 95.7 Å². The minimum atomic E-state index is -0.488. The van der Waals surface area contributed by atoms with Gasteiger partial charge in [0.05, 0.1) is 18.2 Å². The highest BCUT2D eigenvalue weighted by Crippen LogP contribution is 2.33. The van der Waals surface area contributed by atoms with Gasteiger partial charge in [-0.25, -0.2) is 0 Å². The molecule has 158 valence electrons. The van der Waals surface area contributed by atoms with E-state index >= 15 is 0 Å². The first-order valence-electron chi connectivity index (χ1n) is 9.11. The third-order valence-electron chi connectivity index (χ3n) is 3.71. The highest BCUT2D eigenvalue weighted by Gasteiger charge is 2.15. The zero-order chi connectivity index (χ0) is 21.5. The van der Waals surface area contributed by atoms with Gasteiger partial charge in [0.2, 0.25) is 5.89 Å². The maximum Gasteiger partial charge on any atom is 0.322 e. The minimum Gasteiger partial charge on any atom is -0.490 e. The lowest BCUT2D eigenvalue weighted by Gasteiger charge is -2.11. The molecular weight excluding hydrogens is 433 g/mol. The largest absolute Gasteiger partial charge is 0.490 e. The number of carbonyl (C=O) groups is 1. The number of nitrogens with zero attached hydrogens (tertiary/aromatic N) is 2. The minimum absolute atomic E-state index is 0.0624. The van der Waals surface area contributed by atoms with Crippen molar-refractivity contribution in [3.63, 3.8) is 0 Å². The highest BCUT2D eigenvalue weighted by molar-refractivity contribution is 6.35. The van der Waals surface area contributed by atoms with Crippen LogP contribution in [0.5, 0.6) is 17.2 Å². The number of hydrogen-bond donors (Lipinski definition) is 1. The zero-order valence-electron chi connectivity index (χ0n) is 16.3. The molecule has 0 radical (unpaired) electrons. The zero-order valence-corrected chi connectivity index (χ0v) is 17.8.